The average molecular weight is 287 g/mol. The van der Waals surface area contributed by atoms with E-state index in [1.165, 1.54) is 5.69 Å². The highest BCUT2D eigenvalue weighted by molar-refractivity contribution is 9.10. The van der Waals surface area contributed by atoms with E-state index in [2.05, 4.69) is 45.1 Å². The van der Waals surface area contributed by atoms with Crippen LogP contribution in [0.2, 0.25) is 0 Å². The van der Waals surface area contributed by atoms with E-state index in [0.29, 0.717) is 12.1 Å². The van der Waals surface area contributed by atoms with Crippen LogP contribution >= 0.6 is 15.9 Å². The van der Waals surface area contributed by atoms with Crippen molar-refractivity contribution < 1.29 is 0 Å². The highest BCUT2D eigenvalue weighted by Gasteiger charge is 2.25. The topological polar surface area (TPSA) is 33.1 Å². The number of aryl methyl sites for hydroxylation is 1. The number of piperazine rings is 1. The zero-order valence-corrected chi connectivity index (χ0v) is 11.7. The van der Waals surface area contributed by atoms with E-state index in [-0.39, 0.29) is 0 Å². The lowest BCUT2D eigenvalue weighted by atomic mass is 10.1. The summed E-state index contributed by atoms with van der Waals surface area (Å²) in [4.78, 5) is 2.50. The van der Waals surface area contributed by atoms with Gasteiger partial charge in [0.05, 0.1) is 16.4 Å². The monoisotopic (exact) mass is 286 g/mol. The predicted molar refractivity (Wildman–Crippen MR) is 68.2 cm³/mol. The third-order valence-electron chi connectivity index (χ3n) is 3.53. The first-order chi connectivity index (χ1) is 7.59. The van der Waals surface area contributed by atoms with Crippen molar-refractivity contribution in [3.63, 3.8) is 0 Å². The van der Waals surface area contributed by atoms with Crippen LogP contribution < -0.4 is 5.32 Å². The molecular weight excluding hydrogens is 268 g/mol. The summed E-state index contributed by atoms with van der Waals surface area (Å²) >= 11 is 3.55. The molecule has 2 rings (SSSR count). The molecule has 5 heteroatoms. The summed E-state index contributed by atoms with van der Waals surface area (Å²) in [5.41, 5.74) is 1.25. The van der Waals surface area contributed by atoms with Crippen molar-refractivity contribution >= 4 is 15.9 Å². The number of hydrogen-bond acceptors (Lipinski definition) is 3. The smallest absolute Gasteiger partial charge is 0.0663 e. The quantitative estimate of drug-likeness (QED) is 0.891. The molecule has 0 radical (unpaired) electrons. The van der Waals surface area contributed by atoms with Crippen LogP contribution in [0.5, 0.6) is 0 Å². The Labute approximate surface area is 105 Å². The maximum Gasteiger partial charge on any atom is 0.0663 e. The molecule has 16 heavy (non-hydrogen) atoms. The molecule has 2 unspecified atom stereocenters. The van der Waals surface area contributed by atoms with Crippen LogP contribution in [-0.2, 0) is 13.6 Å². The van der Waals surface area contributed by atoms with Gasteiger partial charge >= 0.3 is 0 Å². The van der Waals surface area contributed by atoms with Gasteiger partial charge in [0.1, 0.15) is 0 Å². The molecule has 1 aliphatic rings. The van der Waals surface area contributed by atoms with Crippen LogP contribution in [0.3, 0.4) is 0 Å². The largest absolute Gasteiger partial charge is 0.311 e. The van der Waals surface area contributed by atoms with E-state index in [1.54, 1.807) is 0 Å². The van der Waals surface area contributed by atoms with Crippen molar-refractivity contribution in [1.82, 2.24) is 20.0 Å². The van der Waals surface area contributed by atoms with Gasteiger partial charge in [-0.2, -0.15) is 5.10 Å². The Balaban J connectivity index is 2.09. The third-order valence-corrected chi connectivity index (χ3v) is 4.19. The summed E-state index contributed by atoms with van der Waals surface area (Å²) < 4.78 is 3.05. The fraction of sp³-hybridized carbons (Fsp3) is 0.727. The molecule has 0 aliphatic carbocycles. The van der Waals surface area contributed by atoms with Crippen molar-refractivity contribution in [3.05, 3.63) is 16.4 Å². The molecule has 1 aliphatic heterocycles. The summed E-state index contributed by atoms with van der Waals surface area (Å²) in [6.45, 7) is 7.66. The van der Waals surface area contributed by atoms with E-state index in [9.17, 15) is 0 Å². The molecule has 90 valence electrons. The number of halogens is 1. The van der Waals surface area contributed by atoms with E-state index in [4.69, 9.17) is 0 Å². The Hall–Kier alpha value is -0.390. The van der Waals surface area contributed by atoms with Crippen LogP contribution in [0.1, 0.15) is 19.5 Å². The molecule has 1 fully saturated rings. The van der Waals surface area contributed by atoms with E-state index < -0.39 is 0 Å². The van der Waals surface area contributed by atoms with Gasteiger partial charge in [-0.15, -0.1) is 0 Å². The SMILES string of the molecule is CC1NCCN(Cc2c(Br)cnn2C)C1C. The van der Waals surface area contributed by atoms with Gasteiger partial charge in [-0.1, -0.05) is 0 Å². The zero-order chi connectivity index (χ0) is 11.7. The average Bonchev–Trinajstić information content (AvgIpc) is 2.56. The summed E-state index contributed by atoms with van der Waals surface area (Å²) in [7, 11) is 2.00. The number of nitrogens with zero attached hydrogens (tertiary/aromatic N) is 3. The minimum atomic E-state index is 0.556. The van der Waals surface area contributed by atoms with E-state index in [1.807, 2.05) is 17.9 Å². The van der Waals surface area contributed by atoms with Crippen molar-refractivity contribution in [2.24, 2.45) is 7.05 Å². The lowest BCUT2D eigenvalue weighted by Gasteiger charge is -2.38. The predicted octanol–water partition coefficient (Wildman–Crippen LogP) is 1.36. The summed E-state index contributed by atoms with van der Waals surface area (Å²) in [6, 6.07) is 1.12. The van der Waals surface area contributed by atoms with Gasteiger partial charge in [0, 0.05) is 38.8 Å². The van der Waals surface area contributed by atoms with Crippen molar-refractivity contribution in [2.75, 3.05) is 13.1 Å². The standard InChI is InChI=1S/C11H19BrN4/c1-8-9(2)16(5-4-13-8)7-11-10(12)6-14-15(11)3/h6,8-9,13H,4-5,7H2,1-3H3. The number of nitrogens with one attached hydrogen (secondary N) is 1. The third kappa shape index (κ3) is 2.31. The van der Waals surface area contributed by atoms with Gasteiger partial charge in [-0.3, -0.25) is 9.58 Å². The van der Waals surface area contributed by atoms with Crippen molar-refractivity contribution in [3.8, 4) is 0 Å². The molecule has 4 nitrogen and oxygen atoms in total. The highest BCUT2D eigenvalue weighted by atomic mass is 79.9. The molecule has 1 aromatic heterocycles. The number of rotatable bonds is 2. The van der Waals surface area contributed by atoms with Gasteiger partial charge in [0.15, 0.2) is 0 Å². The fourth-order valence-corrected chi connectivity index (χ4v) is 2.63. The number of aromatic nitrogens is 2. The second-order valence-corrected chi connectivity index (χ2v) is 5.37. The van der Waals surface area contributed by atoms with E-state index in [0.717, 1.165) is 24.1 Å². The Morgan fingerprint density at radius 3 is 2.94 bits per heavy atom. The number of hydrogen-bond donors (Lipinski definition) is 1. The summed E-state index contributed by atoms with van der Waals surface area (Å²) in [6.07, 6.45) is 1.87. The molecular formula is C11H19BrN4. The second-order valence-electron chi connectivity index (χ2n) is 4.52. The molecule has 2 atom stereocenters. The minimum absolute atomic E-state index is 0.556. The lowest BCUT2D eigenvalue weighted by molar-refractivity contribution is 0.127. The van der Waals surface area contributed by atoms with Crippen molar-refractivity contribution in [1.29, 1.82) is 0 Å². The van der Waals surface area contributed by atoms with Gasteiger partial charge in [-0.25, -0.2) is 0 Å². The first-order valence-corrected chi connectivity index (χ1v) is 6.52. The first-order valence-electron chi connectivity index (χ1n) is 5.73. The van der Waals surface area contributed by atoms with Crippen LogP contribution in [0.15, 0.2) is 10.7 Å². The van der Waals surface area contributed by atoms with Crippen LogP contribution in [-0.4, -0.2) is 39.9 Å². The van der Waals surface area contributed by atoms with E-state index >= 15 is 0 Å². The molecule has 0 spiro atoms. The van der Waals surface area contributed by atoms with Crippen molar-refractivity contribution in [2.45, 2.75) is 32.5 Å². The Morgan fingerprint density at radius 2 is 2.31 bits per heavy atom. The van der Waals surface area contributed by atoms with Gasteiger partial charge in [0.25, 0.3) is 0 Å². The highest BCUT2D eigenvalue weighted by Crippen LogP contribution is 2.19. The molecule has 0 amide bonds. The van der Waals surface area contributed by atoms with Crippen LogP contribution in [0.25, 0.3) is 0 Å². The molecule has 0 aromatic carbocycles. The minimum Gasteiger partial charge on any atom is -0.311 e. The van der Waals surface area contributed by atoms with Crippen LogP contribution in [0, 0.1) is 0 Å². The Morgan fingerprint density at radius 1 is 1.56 bits per heavy atom. The summed E-state index contributed by atoms with van der Waals surface area (Å²) in [5, 5.41) is 7.75. The van der Waals surface area contributed by atoms with Gasteiger partial charge in [-0.05, 0) is 29.8 Å². The molecule has 1 N–H and O–H groups in total. The Kier molecular flexibility index (Phi) is 3.66. The zero-order valence-electron chi connectivity index (χ0n) is 10.1. The summed E-state index contributed by atoms with van der Waals surface area (Å²) in [5.74, 6) is 0. The molecule has 0 bridgehead atoms. The molecule has 1 aromatic rings. The molecule has 1 saturated heterocycles. The maximum absolute atomic E-state index is 4.25. The normalized spacial score (nSPS) is 27.2. The molecule has 0 saturated carbocycles. The fourth-order valence-electron chi connectivity index (χ4n) is 2.16. The van der Waals surface area contributed by atoms with Gasteiger partial charge in [0.2, 0.25) is 0 Å². The first kappa shape index (κ1) is 12.1. The maximum atomic E-state index is 4.25. The Bertz CT molecular complexity index is 343. The lowest BCUT2D eigenvalue weighted by Crippen LogP contribution is -2.54. The second kappa shape index (κ2) is 4.85. The van der Waals surface area contributed by atoms with Gasteiger partial charge < -0.3 is 5.32 Å². The molecule has 2 heterocycles. The van der Waals surface area contributed by atoms with Crippen LogP contribution in [0.4, 0.5) is 0 Å².